The molecule has 0 aliphatic carbocycles. The molecule has 9 nitrogen and oxygen atoms in total. The van der Waals surface area contributed by atoms with Crippen LogP contribution in [0.4, 0.5) is 5.69 Å². The number of rotatable bonds is 25. The van der Waals surface area contributed by atoms with Crippen molar-refractivity contribution in [3.05, 3.63) is 24.3 Å². The molecular formula is C26H45NO8. The average Bonchev–Trinajstić information content (AvgIpc) is 2.86. The van der Waals surface area contributed by atoms with Gasteiger partial charge in [-0.05, 0) is 18.6 Å². The van der Waals surface area contributed by atoms with Crippen molar-refractivity contribution in [2.45, 2.75) is 45.4 Å². The predicted molar refractivity (Wildman–Crippen MR) is 135 cm³/mol. The first kappa shape index (κ1) is 31.1. The number of nitrogen functional groups attached to an aromatic ring is 1. The maximum Gasteiger partial charge on any atom is 0.305 e. The van der Waals surface area contributed by atoms with Crippen molar-refractivity contribution < 1.29 is 38.0 Å². The van der Waals surface area contributed by atoms with E-state index in [-0.39, 0.29) is 5.97 Å². The highest BCUT2D eigenvalue weighted by Crippen LogP contribution is 2.19. The highest BCUT2D eigenvalue weighted by molar-refractivity contribution is 5.69. The first-order chi connectivity index (χ1) is 17.2. The molecule has 0 aromatic heterocycles. The van der Waals surface area contributed by atoms with Crippen molar-refractivity contribution in [2.75, 3.05) is 85.0 Å². The van der Waals surface area contributed by atoms with Gasteiger partial charge in [0.15, 0.2) is 0 Å². The monoisotopic (exact) mass is 499 g/mol. The minimum absolute atomic E-state index is 0.144. The molecule has 0 fully saturated rings. The Morgan fingerprint density at radius 3 is 1.69 bits per heavy atom. The molecule has 1 aromatic rings. The number of ether oxygens (including phenoxy) is 7. The number of nitrogens with two attached hydrogens (primary N) is 1. The van der Waals surface area contributed by atoms with Gasteiger partial charge < -0.3 is 38.9 Å². The van der Waals surface area contributed by atoms with E-state index in [0.717, 1.165) is 12.8 Å². The first-order valence-corrected chi connectivity index (χ1v) is 12.8. The first-order valence-electron chi connectivity index (χ1n) is 12.8. The summed E-state index contributed by atoms with van der Waals surface area (Å²) in [5, 5.41) is 0. The molecule has 0 unspecified atom stereocenters. The molecule has 0 radical (unpaired) electrons. The summed E-state index contributed by atoms with van der Waals surface area (Å²) >= 11 is 0. The van der Waals surface area contributed by atoms with Crippen LogP contribution in [0.25, 0.3) is 0 Å². The summed E-state index contributed by atoms with van der Waals surface area (Å²) in [4.78, 5) is 11.6. The van der Waals surface area contributed by atoms with Gasteiger partial charge in [0.1, 0.15) is 19.0 Å². The lowest BCUT2D eigenvalue weighted by Gasteiger charge is -2.09. The largest absolute Gasteiger partial charge is 0.489 e. The third-order valence-electron chi connectivity index (χ3n) is 4.87. The summed E-state index contributed by atoms with van der Waals surface area (Å²) in [6.45, 7) is 7.68. The van der Waals surface area contributed by atoms with Crippen LogP contribution in [0, 0.1) is 0 Å². The lowest BCUT2D eigenvalue weighted by Crippen LogP contribution is -2.15. The molecule has 0 heterocycles. The van der Waals surface area contributed by atoms with Crippen LogP contribution >= 0.6 is 0 Å². The van der Waals surface area contributed by atoms with Gasteiger partial charge in [-0.25, -0.2) is 0 Å². The van der Waals surface area contributed by atoms with Crippen LogP contribution < -0.4 is 10.5 Å². The van der Waals surface area contributed by atoms with Crippen molar-refractivity contribution in [2.24, 2.45) is 0 Å². The van der Waals surface area contributed by atoms with E-state index in [1.807, 2.05) is 18.2 Å². The number of carbonyl (C=O) groups excluding carboxylic acids is 1. The Hall–Kier alpha value is -1.91. The number of carbonyl (C=O) groups is 1. The third-order valence-corrected chi connectivity index (χ3v) is 4.87. The summed E-state index contributed by atoms with van der Waals surface area (Å²) in [5.74, 6) is 0.525. The minimum atomic E-state index is -0.144. The Morgan fingerprint density at radius 2 is 1.14 bits per heavy atom. The topological polar surface area (TPSA) is 108 Å². The van der Waals surface area contributed by atoms with E-state index in [0.29, 0.717) is 97.1 Å². The molecule has 35 heavy (non-hydrogen) atoms. The Kier molecular flexibility index (Phi) is 21.2. The van der Waals surface area contributed by atoms with E-state index in [4.69, 9.17) is 38.9 Å². The Balaban J connectivity index is 1.71. The van der Waals surface area contributed by atoms with Gasteiger partial charge >= 0.3 is 5.97 Å². The lowest BCUT2D eigenvalue weighted by molar-refractivity contribution is -0.145. The van der Waals surface area contributed by atoms with Gasteiger partial charge in [-0.3, -0.25) is 4.79 Å². The second-order valence-corrected chi connectivity index (χ2v) is 7.83. The minimum Gasteiger partial charge on any atom is -0.489 e. The molecule has 0 aliphatic heterocycles. The Labute approximate surface area is 210 Å². The number of hydrogen-bond donors (Lipinski definition) is 1. The molecule has 1 rings (SSSR count). The fourth-order valence-electron chi connectivity index (χ4n) is 2.96. The molecule has 0 atom stereocenters. The van der Waals surface area contributed by atoms with Crippen LogP contribution in [0.2, 0.25) is 0 Å². The second kappa shape index (κ2) is 23.8. The van der Waals surface area contributed by atoms with Crippen molar-refractivity contribution >= 4 is 11.7 Å². The second-order valence-electron chi connectivity index (χ2n) is 7.83. The highest BCUT2D eigenvalue weighted by atomic mass is 16.6. The molecule has 0 saturated heterocycles. The van der Waals surface area contributed by atoms with Gasteiger partial charge in [0, 0.05) is 6.42 Å². The molecule has 9 heteroatoms. The van der Waals surface area contributed by atoms with Crippen LogP contribution in [-0.2, 0) is 33.2 Å². The van der Waals surface area contributed by atoms with Gasteiger partial charge in [0.05, 0.1) is 71.8 Å². The molecule has 202 valence electrons. The summed E-state index contributed by atoms with van der Waals surface area (Å²) in [6.07, 6.45) is 6.10. The summed E-state index contributed by atoms with van der Waals surface area (Å²) in [5.41, 5.74) is 6.42. The summed E-state index contributed by atoms with van der Waals surface area (Å²) in [7, 11) is 0. The van der Waals surface area contributed by atoms with Crippen molar-refractivity contribution in [1.82, 2.24) is 0 Å². The normalized spacial score (nSPS) is 11.0. The predicted octanol–water partition coefficient (Wildman–Crippen LogP) is 3.63. The van der Waals surface area contributed by atoms with Gasteiger partial charge in [-0.2, -0.15) is 0 Å². The Bertz CT molecular complexity index is 617. The number of para-hydroxylation sites is 2. The maximum absolute atomic E-state index is 11.6. The highest BCUT2D eigenvalue weighted by Gasteiger charge is 2.02. The van der Waals surface area contributed by atoms with E-state index in [2.05, 4.69) is 6.92 Å². The van der Waals surface area contributed by atoms with Crippen molar-refractivity contribution in [3.8, 4) is 5.75 Å². The zero-order valence-corrected chi connectivity index (χ0v) is 21.4. The van der Waals surface area contributed by atoms with E-state index < -0.39 is 0 Å². The lowest BCUT2D eigenvalue weighted by atomic mass is 10.1. The molecule has 0 spiro atoms. The summed E-state index contributed by atoms with van der Waals surface area (Å²) < 4.78 is 37.8. The molecular weight excluding hydrogens is 454 g/mol. The third kappa shape index (κ3) is 20.0. The van der Waals surface area contributed by atoms with Crippen molar-refractivity contribution in [1.29, 1.82) is 0 Å². The van der Waals surface area contributed by atoms with Crippen LogP contribution in [0.3, 0.4) is 0 Å². The van der Waals surface area contributed by atoms with E-state index in [9.17, 15) is 4.79 Å². The zero-order valence-electron chi connectivity index (χ0n) is 21.4. The van der Waals surface area contributed by atoms with Crippen LogP contribution in [0.15, 0.2) is 24.3 Å². The standard InChI is InChI=1S/C26H45NO8/c1-2-3-4-5-6-11-26(28)35-23-21-33-19-17-31-15-13-29-12-14-30-16-18-32-20-22-34-25-10-8-7-9-24(25)27/h7-10H,2-6,11-23,27H2,1H3. The SMILES string of the molecule is CCCCCCCC(=O)OCCOCCOCCOCCOCCOCCOc1ccccc1N. The zero-order chi connectivity index (χ0) is 25.2. The number of anilines is 1. The average molecular weight is 500 g/mol. The van der Waals surface area contributed by atoms with Crippen LogP contribution in [0.5, 0.6) is 5.75 Å². The number of benzene rings is 1. The fraction of sp³-hybridized carbons (Fsp3) is 0.731. The van der Waals surface area contributed by atoms with Gasteiger partial charge in [-0.1, -0.05) is 44.7 Å². The number of esters is 1. The van der Waals surface area contributed by atoms with Gasteiger partial charge in [0.2, 0.25) is 0 Å². The number of hydrogen-bond acceptors (Lipinski definition) is 9. The molecule has 0 aliphatic rings. The van der Waals surface area contributed by atoms with E-state index >= 15 is 0 Å². The molecule has 0 amide bonds. The quantitative estimate of drug-likeness (QED) is 0.123. The maximum atomic E-state index is 11.6. The fourth-order valence-corrected chi connectivity index (χ4v) is 2.96. The van der Waals surface area contributed by atoms with Crippen molar-refractivity contribution in [3.63, 3.8) is 0 Å². The van der Waals surface area contributed by atoms with Gasteiger partial charge in [-0.15, -0.1) is 0 Å². The molecule has 2 N–H and O–H groups in total. The van der Waals surface area contributed by atoms with Crippen LogP contribution in [0.1, 0.15) is 45.4 Å². The van der Waals surface area contributed by atoms with Gasteiger partial charge in [0.25, 0.3) is 0 Å². The molecule has 1 aromatic carbocycles. The smallest absolute Gasteiger partial charge is 0.305 e. The molecule has 0 bridgehead atoms. The van der Waals surface area contributed by atoms with Crippen LogP contribution in [-0.4, -0.2) is 85.3 Å². The number of unbranched alkanes of at least 4 members (excludes halogenated alkanes) is 4. The Morgan fingerprint density at radius 1 is 0.657 bits per heavy atom. The molecule has 0 saturated carbocycles. The van der Waals surface area contributed by atoms with E-state index in [1.54, 1.807) is 6.07 Å². The summed E-state index contributed by atoms with van der Waals surface area (Å²) in [6, 6.07) is 7.37. The van der Waals surface area contributed by atoms with E-state index in [1.165, 1.54) is 19.3 Å².